The number of nitrogens with zero attached hydrogens (tertiary/aromatic N) is 1. The zero-order valence-electron chi connectivity index (χ0n) is 10.3. The highest BCUT2D eigenvalue weighted by Crippen LogP contribution is 1.97. The highest BCUT2D eigenvalue weighted by atomic mass is 32.3. The van der Waals surface area contributed by atoms with Crippen molar-refractivity contribution in [1.82, 2.24) is 4.90 Å². The Morgan fingerprint density at radius 3 is 1.39 bits per heavy atom. The summed E-state index contributed by atoms with van der Waals surface area (Å²) in [5.41, 5.74) is 0. The minimum Gasteiger partial charge on any atom is -0.378 e. The third kappa shape index (κ3) is 13.8. The largest absolute Gasteiger partial charge is 0.413 e. The second kappa shape index (κ2) is 8.74. The van der Waals surface area contributed by atoms with Crippen LogP contribution in [-0.2, 0) is 24.4 Å². The molecule has 0 aromatic carbocycles. The van der Waals surface area contributed by atoms with E-state index in [0.717, 1.165) is 19.5 Å². The summed E-state index contributed by atoms with van der Waals surface area (Å²) in [6.45, 7) is 7.98. The van der Waals surface area contributed by atoms with Crippen molar-refractivity contribution in [2.75, 3.05) is 13.1 Å². The minimum absolute atomic E-state index is 0.236. The molecular formula is C7H19NO8S2. The van der Waals surface area contributed by atoms with Crippen molar-refractivity contribution in [3.05, 3.63) is 0 Å². The van der Waals surface area contributed by atoms with E-state index in [-0.39, 0.29) is 6.23 Å². The van der Waals surface area contributed by atoms with Gasteiger partial charge in [0.1, 0.15) is 6.23 Å². The Hall–Kier alpha value is -0.300. The van der Waals surface area contributed by atoms with Crippen LogP contribution in [-0.4, -0.2) is 55.3 Å². The van der Waals surface area contributed by atoms with E-state index < -0.39 is 20.8 Å². The van der Waals surface area contributed by atoms with E-state index in [9.17, 15) is 21.9 Å². The molecule has 0 radical (unpaired) electrons. The normalized spacial score (nSPS) is 13.9. The van der Waals surface area contributed by atoms with Gasteiger partial charge in [-0.3, -0.25) is 14.0 Å². The summed E-state index contributed by atoms with van der Waals surface area (Å²) in [5.74, 6) is 0. The average molecular weight is 309 g/mol. The third-order valence-electron chi connectivity index (χ3n) is 1.77. The smallest absolute Gasteiger partial charge is 0.378 e. The molecule has 1 unspecified atom stereocenters. The van der Waals surface area contributed by atoms with Crippen LogP contribution in [0.25, 0.3) is 0 Å². The van der Waals surface area contributed by atoms with Crippen molar-refractivity contribution in [1.29, 1.82) is 0 Å². The molecule has 0 aliphatic carbocycles. The summed E-state index contributed by atoms with van der Waals surface area (Å²) in [7, 11) is -10.2. The van der Waals surface area contributed by atoms with E-state index in [1.165, 1.54) is 0 Å². The van der Waals surface area contributed by atoms with Crippen LogP contribution in [0.4, 0.5) is 0 Å². The number of aliphatic hydroxyl groups excluding tert-OH is 1. The first-order chi connectivity index (χ1) is 7.96. The lowest BCUT2D eigenvalue weighted by atomic mass is 10.3. The quantitative estimate of drug-likeness (QED) is 0.444. The van der Waals surface area contributed by atoms with Crippen LogP contribution >= 0.6 is 0 Å². The van der Waals surface area contributed by atoms with Crippen LogP contribution < -0.4 is 0 Å². The highest BCUT2D eigenvalue weighted by Gasteiger charge is 2.15. The Bertz CT molecular complexity index is 369. The topological polar surface area (TPSA) is 141 Å². The molecule has 3 N–H and O–H groups in total. The zero-order valence-corrected chi connectivity index (χ0v) is 12.0. The summed E-state index contributed by atoms with van der Waals surface area (Å²) in [4.78, 5) is 2.03. The molecule has 0 aromatic heterocycles. The molecule has 1 atom stereocenters. The lowest BCUT2D eigenvalue weighted by Gasteiger charge is -2.23. The molecule has 18 heavy (non-hydrogen) atoms. The molecule has 0 spiro atoms. The molecule has 0 fully saturated rings. The number of aliphatic hydroxyl groups is 1. The van der Waals surface area contributed by atoms with Crippen molar-refractivity contribution < 1.29 is 34.7 Å². The predicted octanol–water partition coefficient (Wildman–Crippen LogP) is -0.335. The van der Waals surface area contributed by atoms with E-state index >= 15 is 0 Å². The third-order valence-corrected chi connectivity index (χ3v) is 3.15. The van der Waals surface area contributed by atoms with E-state index in [1.807, 2.05) is 11.8 Å². The molecule has 112 valence electrons. The van der Waals surface area contributed by atoms with Gasteiger partial charge >= 0.3 is 20.8 Å². The molecule has 11 heteroatoms. The van der Waals surface area contributed by atoms with Crippen molar-refractivity contribution in [2.24, 2.45) is 0 Å². The van der Waals surface area contributed by atoms with Gasteiger partial charge in [-0.2, -0.15) is 16.8 Å². The molecule has 0 aliphatic heterocycles. The molecule has 0 heterocycles. The molecular weight excluding hydrogens is 290 g/mol. The van der Waals surface area contributed by atoms with Crippen LogP contribution in [0.2, 0.25) is 0 Å². The number of rotatable bonds is 6. The second-order valence-corrected chi connectivity index (χ2v) is 5.29. The van der Waals surface area contributed by atoms with Crippen LogP contribution in [0, 0.1) is 0 Å². The zero-order chi connectivity index (χ0) is 15.0. The Kier molecular flexibility index (Phi) is 9.73. The van der Waals surface area contributed by atoms with Crippen molar-refractivity contribution in [3.8, 4) is 0 Å². The van der Waals surface area contributed by atoms with E-state index in [0.29, 0.717) is 0 Å². The molecule has 0 saturated carbocycles. The fourth-order valence-corrected chi connectivity index (χ4v) is 1.88. The van der Waals surface area contributed by atoms with Gasteiger partial charge < -0.3 is 5.11 Å². The van der Waals surface area contributed by atoms with Gasteiger partial charge in [-0.1, -0.05) is 20.8 Å². The number of hydrogen-bond donors (Lipinski definition) is 3. The average Bonchev–Trinajstić information content (AvgIpc) is 2.14. The van der Waals surface area contributed by atoms with Crippen LogP contribution in [0.15, 0.2) is 0 Å². The van der Waals surface area contributed by atoms with Crippen LogP contribution in [0.5, 0.6) is 0 Å². The molecule has 0 saturated heterocycles. The van der Waals surface area contributed by atoms with E-state index in [1.54, 1.807) is 0 Å². The minimum atomic E-state index is -5.12. The first kappa shape index (κ1) is 20.0. The summed E-state index contributed by atoms with van der Waals surface area (Å²) >= 11 is 0. The van der Waals surface area contributed by atoms with Gasteiger partial charge in [0, 0.05) is 0 Å². The van der Waals surface area contributed by atoms with Crippen molar-refractivity contribution in [2.45, 2.75) is 33.4 Å². The van der Waals surface area contributed by atoms with Crippen molar-refractivity contribution >= 4 is 20.8 Å². The summed E-state index contributed by atoms with van der Waals surface area (Å²) in [6, 6.07) is 0. The summed E-state index contributed by atoms with van der Waals surface area (Å²) in [5, 5.41) is 9.24. The van der Waals surface area contributed by atoms with Gasteiger partial charge in [-0.15, -0.1) is 3.63 Å². The van der Waals surface area contributed by atoms with E-state index in [4.69, 9.17) is 9.11 Å². The van der Waals surface area contributed by atoms with Gasteiger partial charge in [-0.25, -0.2) is 0 Å². The molecule has 0 amide bonds. The van der Waals surface area contributed by atoms with Gasteiger partial charge in [-0.05, 0) is 19.5 Å². The van der Waals surface area contributed by atoms with Gasteiger partial charge in [0.15, 0.2) is 0 Å². The Morgan fingerprint density at radius 2 is 1.33 bits per heavy atom. The van der Waals surface area contributed by atoms with Crippen LogP contribution in [0.3, 0.4) is 0 Å². The number of hydrogen-bond acceptors (Lipinski definition) is 7. The van der Waals surface area contributed by atoms with Gasteiger partial charge in [0.2, 0.25) is 0 Å². The molecule has 0 bridgehead atoms. The fraction of sp³-hybridized carbons (Fsp3) is 1.00. The Balaban J connectivity index is 0. The SMILES string of the molecule is CCC(O)N(CC)CC.O=S(=O)(O)OS(=O)(=O)O. The summed E-state index contributed by atoms with van der Waals surface area (Å²) < 4.78 is 55.6. The standard InChI is InChI=1S/C7H17NO.H2O7S2/c1-4-7(9)8(5-2)6-3;1-8(2,3)7-9(4,5)6/h7,9H,4-6H2,1-3H3;(H,1,2,3)(H,4,5,6). The van der Waals surface area contributed by atoms with Gasteiger partial charge in [0.25, 0.3) is 0 Å². The molecule has 0 aromatic rings. The highest BCUT2D eigenvalue weighted by molar-refractivity contribution is 7.94. The Morgan fingerprint density at radius 1 is 1.00 bits per heavy atom. The lowest BCUT2D eigenvalue weighted by Crippen LogP contribution is -2.34. The molecule has 9 nitrogen and oxygen atoms in total. The molecule has 0 aliphatic rings. The molecule has 0 rings (SSSR count). The summed E-state index contributed by atoms with van der Waals surface area (Å²) in [6.07, 6.45) is 0.585. The second-order valence-electron chi connectivity index (χ2n) is 3.03. The first-order valence-electron chi connectivity index (χ1n) is 5.04. The Labute approximate surface area is 107 Å². The first-order valence-corrected chi connectivity index (χ1v) is 7.77. The maximum Gasteiger partial charge on any atom is 0.413 e. The predicted molar refractivity (Wildman–Crippen MR) is 63.4 cm³/mol. The van der Waals surface area contributed by atoms with Gasteiger partial charge in [0.05, 0.1) is 0 Å². The maximum absolute atomic E-state index is 9.44. The van der Waals surface area contributed by atoms with E-state index in [2.05, 4.69) is 17.5 Å². The lowest BCUT2D eigenvalue weighted by molar-refractivity contribution is 0.00835. The van der Waals surface area contributed by atoms with Crippen molar-refractivity contribution in [3.63, 3.8) is 0 Å². The maximum atomic E-state index is 9.44. The van der Waals surface area contributed by atoms with Crippen LogP contribution in [0.1, 0.15) is 27.2 Å². The monoisotopic (exact) mass is 309 g/mol. The fourth-order valence-electron chi connectivity index (χ4n) is 1.01.